The molecule has 116 valence electrons. The lowest BCUT2D eigenvalue weighted by Gasteiger charge is -2.34. The third kappa shape index (κ3) is 2.62. The molecule has 1 aromatic carbocycles. The van der Waals surface area contributed by atoms with Gasteiger partial charge in [0.1, 0.15) is 0 Å². The first kappa shape index (κ1) is 15.0. The molecule has 4 nitrogen and oxygen atoms in total. The van der Waals surface area contributed by atoms with Crippen LogP contribution in [0, 0.1) is 5.41 Å². The predicted molar refractivity (Wildman–Crippen MR) is 82.3 cm³/mol. The van der Waals surface area contributed by atoms with Gasteiger partial charge in [0.25, 0.3) is 0 Å². The van der Waals surface area contributed by atoms with Crippen molar-refractivity contribution in [3.8, 4) is 0 Å². The van der Waals surface area contributed by atoms with Crippen molar-refractivity contribution in [3.63, 3.8) is 0 Å². The number of sulfone groups is 1. The Labute approximate surface area is 126 Å². The van der Waals surface area contributed by atoms with E-state index in [4.69, 9.17) is 4.74 Å². The summed E-state index contributed by atoms with van der Waals surface area (Å²) in [6, 6.07) is 7.47. The van der Waals surface area contributed by atoms with E-state index >= 15 is 0 Å². The molecule has 2 atom stereocenters. The molecular weight excluding hydrogens is 286 g/mol. The van der Waals surface area contributed by atoms with Crippen LogP contribution in [-0.2, 0) is 14.6 Å². The minimum atomic E-state index is -3.14. The van der Waals surface area contributed by atoms with E-state index in [1.165, 1.54) is 0 Å². The quantitative estimate of drug-likeness (QED) is 0.845. The molecule has 2 heterocycles. The molecule has 5 heteroatoms. The van der Waals surface area contributed by atoms with Crippen LogP contribution in [0.5, 0.6) is 0 Å². The topological polar surface area (TPSA) is 55.4 Å². The minimum Gasteiger partial charge on any atom is -0.381 e. The van der Waals surface area contributed by atoms with E-state index < -0.39 is 9.84 Å². The first-order valence-electron chi connectivity index (χ1n) is 7.69. The van der Waals surface area contributed by atoms with E-state index in [0.29, 0.717) is 11.5 Å². The van der Waals surface area contributed by atoms with E-state index in [-0.39, 0.29) is 17.1 Å². The summed E-state index contributed by atoms with van der Waals surface area (Å²) in [4.78, 5) is 0.525. The van der Waals surface area contributed by atoms with Crippen LogP contribution in [0.15, 0.2) is 29.2 Å². The summed E-state index contributed by atoms with van der Waals surface area (Å²) in [5.41, 5.74) is 0.899. The predicted octanol–water partition coefficient (Wildman–Crippen LogP) is 1.96. The molecule has 2 aliphatic heterocycles. The Balaban J connectivity index is 1.94. The molecule has 3 rings (SSSR count). The zero-order valence-corrected chi connectivity index (χ0v) is 13.3. The van der Waals surface area contributed by atoms with Crippen LogP contribution < -0.4 is 5.32 Å². The van der Waals surface area contributed by atoms with Crippen molar-refractivity contribution in [3.05, 3.63) is 29.8 Å². The number of hydrogen-bond donors (Lipinski definition) is 1. The van der Waals surface area contributed by atoms with Gasteiger partial charge in [-0.2, -0.15) is 0 Å². The molecule has 0 saturated carbocycles. The van der Waals surface area contributed by atoms with Crippen LogP contribution in [0.4, 0.5) is 0 Å². The number of hydrogen-bond acceptors (Lipinski definition) is 4. The molecule has 0 amide bonds. The second kappa shape index (κ2) is 5.71. The van der Waals surface area contributed by atoms with Crippen LogP contribution >= 0.6 is 0 Å². The fourth-order valence-corrected chi connectivity index (χ4v) is 5.64. The van der Waals surface area contributed by atoms with E-state index in [0.717, 1.165) is 38.1 Å². The van der Waals surface area contributed by atoms with Gasteiger partial charge in [-0.1, -0.05) is 25.1 Å². The number of rotatable bonds is 5. The molecule has 1 N–H and O–H groups in total. The van der Waals surface area contributed by atoms with Crippen LogP contribution in [0.3, 0.4) is 0 Å². The third-order valence-electron chi connectivity index (χ3n) is 4.79. The molecule has 0 spiro atoms. The summed E-state index contributed by atoms with van der Waals surface area (Å²) in [6.07, 6.45) is 2.01. The first-order chi connectivity index (χ1) is 10.1. The van der Waals surface area contributed by atoms with Crippen molar-refractivity contribution < 1.29 is 13.2 Å². The Hall–Kier alpha value is -0.910. The summed E-state index contributed by atoms with van der Waals surface area (Å²) in [6.45, 7) is 5.31. The Morgan fingerprint density at radius 2 is 2.19 bits per heavy atom. The van der Waals surface area contributed by atoms with Crippen molar-refractivity contribution in [2.24, 2.45) is 5.41 Å². The summed E-state index contributed by atoms with van der Waals surface area (Å²) >= 11 is 0. The highest BCUT2D eigenvalue weighted by Gasteiger charge is 2.49. The molecule has 0 radical (unpaired) electrons. The largest absolute Gasteiger partial charge is 0.381 e. The second-order valence-corrected chi connectivity index (χ2v) is 8.22. The molecule has 0 bridgehead atoms. The van der Waals surface area contributed by atoms with Crippen LogP contribution in [-0.4, -0.2) is 40.5 Å². The van der Waals surface area contributed by atoms with Gasteiger partial charge in [0.05, 0.1) is 17.3 Å². The molecule has 2 aliphatic rings. The van der Waals surface area contributed by atoms with Crippen molar-refractivity contribution >= 4 is 9.84 Å². The molecule has 1 saturated heterocycles. The summed E-state index contributed by atoms with van der Waals surface area (Å²) in [5.74, 6) is 0.273. The van der Waals surface area contributed by atoms with Gasteiger partial charge < -0.3 is 10.1 Å². The van der Waals surface area contributed by atoms with Gasteiger partial charge in [-0.3, -0.25) is 0 Å². The van der Waals surface area contributed by atoms with Crippen molar-refractivity contribution in [2.45, 2.75) is 30.6 Å². The summed E-state index contributed by atoms with van der Waals surface area (Å²) in [7, 11) is -3.14. The maximum atomic E-state index is 12.4. The molecule has 1 fully saturated rings. The maximum absolute atomic E-state index is 12.4. The Morgan fingerprint density at radius 3 is 2.90 bits per heavy atom. The Kier molecular flexibility index (Phi) is 4.08. The maximum Gasteiger partial charge on any atom is 0.179 e. The van der Waals surface area contributed by atoms with E-state index in [1.807, 2.05) is 18.2 Å². The van der Waals surface area contributed by atoms with Crippen molar-refractivity contribution in [1.82, 2.24) is 5.32 Å². The lowest BCUT2D eigenvalue weighted by Crippen LogP contribution is -2.41. The Morgan fingerprint density at radius 1 is 1.38 bits per heavy atom. The van der Waals surface area contributed by atoms with Gasteiger partial charge in [-0.05, 0) is 31.0 Å². The highest BCUT2D eigenvalue weighted by molar-refractivity contribution is 7.91. The number of fused-ring (bicyclic) bond motifs is 1. The monoisotopic (exact) mass is 309 g/mol. The standard InChI is InChI=1S/C16H23NO3S/c1-2-8-17-11-16(7-9-20-12-16)14-10-21(18,19)15-6-4-3-5-13(14)15/h3-6,14,17H,2,7-12H2,1H3. The van der Waals surface area contributed by atoms with Crippen LogP contribution in [0.25, 0.3) is 0 Å². The molecule has 0 aliphatic carbocycles. The molecule has 2 unspecified atom stereocenters. The summed E-state index contributed by atoms with van der Waals surface area (Å²) < 4.78 is 30.5. The third-order valence-corrected chi connectivity index (χ3v) is 6.61. The molecular formula is C16H23NO3S. The lowest BCUT2D eigenvalue weighted by atomic mass is 9.72. The number of nitrogens with one attached hydrogen (secondary N) is 1. The highest BCUT2D eigenvalue weighted by Crippen LogP contribution is 2.49. The van der Waals surface area contributed by atoms with Gasteiger partial charge in [-0.25, -0.2) is 8.42 Å². The zero-order chi connectivity index (χ0) is 14.9. The molecule has 1 aromatic rings. The van der Waals surface area contributed by atoms with Crippen molar-refractivity contribution in [2.75, 3.05) is 32.1 Å². The molecule has 0 aromatic heterocycles. The minimum absolute atomic E-state index is 0.0468. The second-order valence-electron chi connectivity index (χ2n) is 6.21. The van der Waals surface area contributed by atoms with Gasteiger partial charge in [0.2, 0.25) is 0 Å². The van der Waals surface area contributed by atoms with Gasteiger partial charge in [-0.15, -0.1) is 0 Å². The van der Waals surface area contributed by atoms with Crippen LogP contribution in [0.1, 0.15) is 31.2 Å². The van der Waals surface area contributed by atoms with Crippen LogP contribution in [0.2, 0.25) is 0 Å². The highest BCUT2D eigenvalue weighted by atomic mass is 32.2. The smallest absolute Gasteiger partial charge is 0.179 e. The van der Waals surface area contributed by atoms with Gasteiger partial charge in [0, 0.05) is 24.5 Å². The van der Waals surface area contributed by atoms with Crippen molar-refractivity contribution in [1.29, 1.82) is 0 Å². The van der Waals surface area contributed by atoms with E-state index in [1.54, 1.807) is 6.07 Å². The fourth-order valence-electron chi connectivity index (χ4n) is 3.63. The fraction of sp³-hybridized carbons (Fsp3) is 0.625. The first-order valence-corrected chi connectivity index (χ1v) is 9.34. The average molecular weight is 309 g/mol. The van der Waals surface area contributed by atoms with Gasteiger partial charge in [0.15, 0.2) is 9.84 Å². The summed E-state index contributed by atoms with van der Waals surface area (Å²) in [5, 5.41) is 3.48. The average Bonchev–Trinajstić information content (AvgIpc) is 3.04. The van der Waals surface area contributed by atoms with Gasteiger partial charge >= 0.3 is 0 Å². The van der Waals surface area contributed by atoms with E-state index in [2.05, 4.69) is 12.2 Å². The zero-order valence-electron chi connectivity index (χ0n) is 12.5. The number of benzene rings is 1. The Bertz CT molecular complexity index is 606. The lowest BCUT2D eigenvalue weighted by molar-refractivity contribution is 0.136. The van der Waals surface area contributed by atoms with E-state index in [9.17, 15) is 8.42 Å². The SMILES string of the molecule is CCCNCC1(C2CS(=O)(=O)c3ccccc32)CCOC1. The molecule has 21 heavy (non-hydrogen) atoms. The number of ether oxygens (including phenoxy) is 1. The normalized spacial score (nSPS) is 30.4.